The Kier molecular flexibility index (Phi) is 2.65. The minimum Gasteiger partial charge on any atom is -0.444 e. The minimum atomic E-state index is -0.440. The third-order valence-corrected chi connectivity index (χ3v) is 3.38. The number of likely N-dealkylation sites (tertiary alicyclic amines) is 1. The molecule has 4 heteroatoms. The first-order chi connectivity index (χ1) is 7.36. The molecule has 1 aliphatic carbocycles. The van der Waals surface area contributed by atoms with Crippen LogP contribution in [0.25, 0.3) is 0 Å². The highest BCUT2D eigenvalue weighted by atomic mass is 16.6. The molecule has 0 aromatic carbocycles. The summed E-state index contributed by atoms with van der Waals surface area (Å²) in [6, 6.07) is 0. The Morgan fingerprint density at radius 1 is 1.50 bits per heavy atom. The second-order valence-corrected chi connectivity index (χ2v) is 6.07. The van der Waals surface area contributed by atoms with Gasteiger partial charge < -0.3 is 14.7 Å². The van der Waals surface area contributed by atoms with Crippen LogP contribution in [0.5, 0.6) is 0 Å². The lowest BCUT2D eigenvalue weighted by Crippen LogP contribution is -2.41. The van der Waals surface area contributed by atoms with Crippen molar-refractivity contribution >= 4 is 6.09 Å². The van der Waals surface area contributed by atoms with Gasteiger partial charge >= 0.3 is 6.09 Å². The quantitative estimate of drug-likeness (QED) is 0.742. The molecule has 16 heavy (non-hydrogen) atoms. The van der Waals surface area contributed by atoms with E-state index in [1.807, 2.05) is 25.7 Å². The third kappa shape index (κ3) is 2.17. The van der Waals surface area contributed by atoms with Crippen LogP contribution < -0.4 is 0 Å². The fourth-order valence-corrected chi connectivity index (χ4v) is 2.49. The van der Waals surface area contributed by atoms with Crippen molar-refractivity contribution < 1.29 is 14.6 Å². The van der Waals surface area contributed by atoms with Crippen molar-refractivity contribution in [2.24, 2.45) is 5.92 Å². The number of carbonyl (C=O) groups is 1. The lowest BCUT2D eigenvalue weighted by atomic mass is 10.1. The van der Waals surface area contributed by atoms with E-state index in [0.29, 0.717) is 6.54 Å². The highest BCUT2D eigenvalue weighted by Crippen LogP contribution is 2.51. The number of aliphatic hydroxyl groups is 1. The highest BCUT2D eigenvalue weighted by molar-refractivity contribution is 5.70. The molecule has 2 aliphatic rings. The average molecular weight is 227 g/mol. The van der Waals surface area contributed by atoms with Gasteiger partial charge in [-0.15, -0.1) is 0 Å². The van der Waals surface area contributed by atoms with Crippen molar-refractivity contribution in [3.63, 3.8) is 0 Å². The summed E-state index contributed by atoms with van der Waals surface area (Å²) in [6.45, 7) is 6.45. The lowest BCUT2D eigenvalue weighted by molar-refractivity contribution is 0.0197. The first kappa shape index (κ1) is 11.7. The van der Waals surface area contributed by atoms with Crippen LogP contribution in [-0.4, -0.2) is 40.4 Å². The van der Waals surface area contributed by atoms with Crippen LogP contribution in [0.1, 0.15) is 40.0 Å². The van der Waals surface area contributed by atoms with Gasteiger partial charge in [-0.25, -0.2) is 4.79 Å². The van der Waals surface area contributed by atoms with Crippen LogP contribution in [0.3, 0.4) is 0 Å². The summed E-state index contributed by atoms with van der Waals surface area (Å²) in [5, 5.41) is 9.18. The molecule has 2 fully saturated rings. The van der Waals surface area contributed by atoms with Gasteiger partial charge in [-0.05, 0) is 40.0 Å². The molecule has 1 saturated heterocycles. The molecule has 0 bridgehead atoms. The predicted molar refractivity (Wildman–Crippen MR) is 60.1 cm³/mol. The van der Waals surface area contributed by atoms with E-state index in [0.717, 1.165) is 19.3 Å². The third-order valence-electron chi connectivity index (χ3n) is 3.38. The van der Waals surface area contributed by atoms with Crippen molar-refractivity contribution in [1.29, 1.82) is 0 Å². The van der Waals surface area contributed by atoms with Crippen molar-refractivity contribution in [3.8, 4) is 0 Å². The topological polar surface area (TPSA) is 49.8 Å². The SMILES string of the molecule is CC(C)(C)OC(=O)N1C[C@H](CO)CC12CC2. The summed E-state index contributed by atoms with van der Waals surface area (Å²) in [7, 11) is 0. The number of hydrogen-bond acceptors (Lipinski definition) is 3. The average Bonchev–Trinajstić information content (AvgIpc) is 2.76. The van der Waals surface area contributed by atoms with Crippen molar-refractivity contribution in [2.75, 3.05) is 13.2 Å². The van der Waals surface area contributed by atoms with E-state index in [1.54, 1.807) is 0 Å². The van der Waals surface area contributed by atoms with E-state index in [-0.39, 0.29) is 24.2 Å². The normalized spacial score (nSPS) is 27.2. The second-order valence-electron chi connectivity index (χ2n) is 6.07. The fraction of sp³-hybridized carbons (Fsp3) is 0.917. The summed E-state index contributed by atoms with van der Waals surface area (Å²) in [5.74, 6) is 0.231. The number of rotatable bonds is 1. The summed E-state index contributed by atoms with van der Waals surface area (Å²) < 4.78 is 5.40. The molecule has 0 aromatic heterocycles. The zero-order valence-electron chi connectivity index (χ0n) is 10.3. The Hall–Kier alpha value is -0.770. The van der Waals surface area contributed by atoms with Gasteiger partial charge in [0.25, 0.3) is 0 Å². The minimum absolute atomic E-state index is 0.0235. The molecular weight excluding hydrogens is 206 g/mol. The molecule has 4 nitrogen and oxygen atoms in total. The number of amides is 1. The number of ether oxygens (including phenoxy) is 1. The molecule has 1 atom stereocenters. The molecule has 1 heterocycles. The fourth-order valence-electron chi connectivity index (χ4n) is 2.49. The molecule has 1 amide bonds. The van der Waals surface area contributed by atoms with Crippen LogP contribution >= 0.6 is 0 Å². The highest BCUT2D eigenvalue weighted by Gasteiger charge is 2.56. The van der Waals surface area contributed by atoms with E-state index in [9.17, 15) is 9.90 Å². The molecule has 1 saturated carbocycles. The van der Waals surface area contributed by atoms with E-state index in [2.05, 4.69) is 0 Å². The van der Waals surface area contributed by atoms with Crippen LogP contribution in [0.15, 0.2) is 0 Å². The van der Waals surface area contributed by atoms with Crippen LogP contribution in [0.2, 0.25) is 0 Å². The monoisotopic (exact) mass is 227 g/mol. The Morgan fingerprint density at radius 3 is 2.56 bits per heavy atom. The van der Waals surface area contributed by atoms with Crippen molar-refractivity contribution in [1.82, 2.24) is 4.90 Å². The second kappa shape index (κ2) is 3.62. The van der Waals surface area contributed by atoms with E-state index >= 15 is 0 Å². The summed E-state index contributed by atoms with van der Waals surface area (Å²) in [5.41, 5.74) is -0.416. The Labute approximate surface area is 96.6 Å². The number of carbonyl (C=O) groups excluding carboxylic acids is 1. The van der Waals surface area contributed by atoms with Crippen LogP contribution in [0, 0.1) is 5.92 Å². The summed E-state index contributed by atoms with van der Waals surface area (Å²) >= 11 is 0. The Morgan fingerprint density at radius 2 is 2.12 bits per heavy atom. The summed E-state index contributed by atoms with van der Waals surface area (Å²) in [4.78, 5) is 13.8. The van der Waals surface area contributed by atoms with Crippen LogP contribution in [0.4, 0.5) is 4.79 Å². The van der Waals surface area contributed by atoms with Gasteiger partial charge in [0, 0.05) is 24.6 Å². The Bertz CT molecular complexity index is 291. The molecule has 92 valence electrons. The number of aliphatic hydroxyl groups excluding tert-OH is 1. The van der Waals surface area contributed by atoms with Gasteiger partial charge in [0.05, 0.1) is 0 Å². The van der Waals surface area contributed by atoms with Crippen LogP contribution in [-0.2, 0) is 4.74 Å². The van der Waals surface area contributed by atoms with Crippen molar-refractivity contribution in [2.45, 2.75) is 51.2 Å². The zero-order valence-corrected chi connectivity index (χ0v) is 10.3. The first-order valence-corrected chi connectivity index (χ1v) is 5.98. The molecule has 0 unspecified atom stereocenters. The maximum absolute atomic E-state index is 12.0. The first-order valence-electron chi connectivity index (χ1n) is 5.98. The molecule has 1 aliphatic heterocycles. The maximum atomic E-state index is 12.0. The van der Waals surface area contributed by atoms with Gasteiger partial charge in [-0.3, -0.25) is 0 Å². The van der Waals surface area contributed by atoms with Crippen molar-refractivity contribution in [3.05, 3.63) is 0 Å². The molecule has 1 spiro atoms. The van der Waals surface area contributed by atoms with Gasteiger partial charge in [-0.2, -0.15) is 0 Å². The van der Waals surface area contributed by atoms with Gasteiger partial charge in [0.2, 0.25) is 0 Å². The van der Waals surface area contributed by atoms with E-state index < -0.39 is 5.60 Å². The Balaban J connectivity index is 2.01. The molecule has 0 radical (unpaired) electrons. The zero-order chi connectivity index (χ0) is 12.0. The van der Waals surface area contributed by atoms with Gasteiger partial charge in [0.15, 0.2) is 0 Å². The number of nitrogens with zero attached hydrogens (tertiary/aromatic N) is 1. The maximum Gasteiger partial charge on any atom is 0.410 e. The molecule has 2 rings (SSSR count). The standard InChI is InChI=1S/C12H21NO3/c1-11(2,3)16-10(15)13-7-9(8-14)6-12(13)4-5-12/h9,14H,4-8H2,1-3H3/t9-/m1/s1. The van der Waals surface area contributed by atoms with E-state index in [4.69, 9.17) is 4.74 Å². The lowest BCUT2D eigenvalue weighted by Gasteiger charge is -2.28. The molecule has 0 aromatic rings. The largest absolute Gasteiger partial charge is 0.444 e. The smallest absolute Gasteiger partial charge is 0.410 e. The summed E-state index contributed by atoms with van der Waals surface area (Å²) in [6.07, 6.45) is 2.83. The molecule has 1 N–H and O–H groups in total. The van der Waals surface area contributed by atoms with E-state index in [1.165, 1.54) is 0 Å². The predicted octanol–water partition coefficient (Wildman–Crippen LogP) is 1.77. The van der Waals surface area contributed by atoms with Gasteiger partial charge in [0.1, 0.15) is 5.60 Å². The van der Waals surface area contributed by atoms with Gasteiger partial charge in [-0.1, -0.05) is 0 Å². The number of hydrogen-bond donors (Lipinski definition) is 1. The molecular formula is C12H21NO3.